The Kier molecular flexibility index (Phi) is 4.60. The number of rotatable bonds is 4. The van der Waals surface area contributed by atoms with Crippen molar-refractivity contribution in [3.8, 4) is 0 Å². The van der Waals surface area contributed by atoms with E-state index >= 15 is 0 Å². The first-order chi connectivity index (χ1) is 10.2. The van der Waals surface area contributed by atoms with Crippen LogP contribution in [0.25, 0.3) is 0 Å². The molecular formula is C16H21N3OS. The summed E-state index contributed by atoms with van der Waals surface area (Å²) in [5, 5.41) is 4.69. The Balaban J connectivity index is 1.50. The zero-order valence-electron chi connectivity index (χ0n) is 12.6. The predicted molar refractivity (Wildman–Crippen MR) is 84.4 cm³/mol. The van der Waals surface area contributed by atoms with Crippen LogP contribution in [-0.2, 0) is 6.54 Å². The highest BCUT2D eigenvalue weighted by Crippen LogP contribution is 2.32. The third-order valence-corrected chi connectivity index (χ3v) is 5.37. The SMILES string of the molecule is Cc1nc(CN2CCC(Sc3ccccc3C)CC2)no1. The summed E-state index contributed by atoms with van der Waals surface area (Å²) in [5.41, 5.74) is 1.38. The molecule has 0 atom stereocenters. The minimum Gasteiger partial charge on any atom is -0.340 e. The fraction of sp³-hybridized carbons (Fsp3) is 0.500. The van der Waals surface area contributed by atoms with Crippen LogP contribution in [0.4, 0.5) is 0 Å². The third kappa shape index (κ3) is 3.86. The molecule has 112 valence electrons. The highest BCUT2D eigenvalue weighted by molar-refractivity contribution is 8.00. The molecule has 5 heteroatoms. The van der Waals surface area contributed by atoms with Gasteiger partial charge in [0.15, 0.2) is 5.82 Å². The molecule has 0 bridgehead atoms. The van der Waals surface area contributed by atoms with E-state index < -0.39 is 0 Å². The van der Waals surface area contributed by atoms with Crippen LogP contribution in [0.5, 0.6) is 0 Å². The average molecular weight is 303 g/mol. The number of aryl methyl sites for hydroxylation is 2. The van der Waals surface area contributed by atoms with Gasteiger partial charge in [0.2, 0.25) is 5.89 Å². The molecule has 2 heterocycles. The summed E-state index contributed by atoms with van der Waals surface area (Å²) in [4.78, 5) is 8.12. The van der Waals surface area contributed by atoms with Crippen molar-refractivity contribution in [3.63, 3.8) is 0 Å². The molecule has 0 radical (unpaired) electrons. The summed E-state index contributed by atoms with van der Waals surface area (Å²) in [6.07, 6.45) is 2.44. The van der Waals surface area contributed by atoms with E-state index in [1.165, 1.54) is 23.3 Å². The van der Waals surface area contributed by atoms with E-state index in [0.717, 1.165) is 25.5 Å². The van der Waals surface area contributed by atoms with Gasteiger partial charge in [-0.1, -0.05) is 23.4 Å². The molecule has 0 aliphatic carbocycles. The van der Waals surface area contributed by atoms with Crippen molar-refractivity contribution in [1.82, 2.24) is 15.0 Å². The molecule has 4 nitrogen and oxygen atoms in total. The summed E-state index contributed by atoms with van der Waals surface area (Å²) in [6, 6.07) is 8.66. The minimum absolute atomic E-state index is 0.648. The summed E-state index contributed by atoms with van der Waals surface area (Å²) in [6.45, 7) is 7.05. The maximum Gasteiger partial charge on any atom is 0.223 e. The van der Waals surface area contributed by atoms with Gasteiger partial charge in [0.05, 0.1) is 6.54 Å². The number of nitrogens with zero attached hydrogens (tertiary/aromatic N) is 3. The molecule has 1 aliphatic rings. The van der Waals surface area contributed by atoms with Gasteiger partial charge in [0.1, 0.15) is 0 Å². The molecular weight excluding hydrogens is 282 g/mol. The van der Waals surface area contributed by atoms with Crippen molar-refractivity contribution in [1.29, 1.82) is 0 Å². The topological polar surface area (TPSA) is 42.2 Å². The summed E-state index contributed by atoms with van der Waals surface area (Å²) < 4.78 is 5.03. The second kappa shape index (κ2) is 6.62. The third-order valence-electron chi connectivity index (χ3n) is 3.86. The molecule has 0 N–H and O–H groups in total. The first kappa shape index (κ1) is 14.6. The Bertz CT molecular complexity index is 591. The molecule has 3 rings (SSSR count). The fourth-order valence-corrected chi connectivity index (χ4v) is 3.88. The van der Waals surface area contributed by atoms with E-state index in [-0.39, 0.29) is 0 Å². The molecule has 0 amide bonds. The molecule has 1 aromatic heterocycles. The van der Waals surface area contributed by atoms with E-state index in [4.69, 9.17) is 4.52 Å². The van der Waals surface area contributed by atoms with E-state index in [2.05, 4.69) is 46.2 Å². The van der Waals surface area contributed by atoms with Gasteiger partial charge in [0.25, 0.3) is 0 Å². The van der Waals surface area contributed by atoms with Crippen LogP contribution >= 0.6 is 11.8 Å². The van der Waals surface area contributed by atoms with Gasteiger partial charge in [-0.05, 0) is 44.5 Å². The number of thioether (sulfide) groups is 1. The largest absolute Gasteiger partial charge is 0.340 e. The van der Waals surface area contributed by atoms with Gasteiger partial charge in [-0.25, -0.2) is 0 Å². The van der Waals surface area contributed by atoms with Crippen molar-refractivity contribution >= 4 is 11.8 Å². The zero-order valence-corrected chi connectivity index (χ0v) is 13.4. The maximum absolute atomic E-state index is 5.03. The standard InChI is InChI=1S/C16H21N3OS/c1-12-5-3-4-6-15(12)21-14-7-9-19(10-8-14)11-16-17-13(2)20-18-16/h3-6,14H,7-11H2,1-2H3. The quantitative estimate of drug-likeness (QED) is 0.865. The molecule has 0 unspecified atom stereocenters. The van der Waals surface area contributed by atoms with Crippen molar-refractivity contribution in [3.05, 3.63) is 41.5 Å². The van der Waals surface area contributed by atoms with Crippen molar-refractivity contribution < 1.29 is 4.52 Å². The summed E-state index contributed by atoms with van der Waals surface area (Å²) >= 11 is 2.03. The van der Waals surface area contributed by atoms with Crippen LogP contribution in [0.2, 0.25) is 0 Å². The predicted octanol–water partition coefficient (Wildman–Crippen LogP) is 3.44. The minimum atomic E-state index is 0.648. The fourth-order valence-electron chi connectivity index (χ4n) is 2.66. The highest BCUT2D eigenvalue weighted by atomic mass is 32.2. The Morgan fingerprint density at radius 3 is 2.67 bits per heavy atom. The Morgan fingerprint density at radius 1 is 1.24 bits per heavy atom. The van der Waals surface area contributed by atoms with Crippen molar-refractivity contribution in [2.75, 3.05) is 13.1 Å². The van der Waals surface area contributed by atoms with Gasteiger partial charge in [0, 0.05) is 17.1 Å². The van der Waals surface area contributed by atoms with Crippen molar-refractivity contribution in [2.45, 2.75) is 43.4 Å². The lowest BCUT2D eigenvalue weighted by molar-refractivity contribution is 0.216. The summed E-state index contributed by atoms with van der Waals surface area (Å²) in [7, 11) is 0. The number of hydrogen-bond acceptors (Lipinski definition) is 5. The number of piperidine rings is 1. The van der Waals surface area contributed by atoms with Crippen LogP contribution in [0.15, 0.2) is 33.7 Å². The van der Waals surface area contributed by atoms with Crippen LogP contribution < -0.4 is 0 Å². The van der Waals surface area contributed by atoms with Gasteiger partial charge >= 0.3 is 0 Å². The average Bonchev–Trinajstić information content (AvgIpc) is 2.89. The molecule has 0 saturated carbocycles. The number of hydrogen-bond donors (Lipinski definition) is 0. The second-order valence-corrected chi connectivity index (χ2v) is 6.93. The normalized spacial score (nSPS) is 17.2. The van der Waals surface area contributed by atoms with Crippen molar-refractivity contribution in [2.24, 2.45) is 0 Å². The summed E-state index contributed by atoms with van der Waals surface area (Å²) in [5.74, 6) is 1.45. The monoisotopic (exact) mass is 303 g/mol. The van der Waals surface area contributed by atoms with Crippen LogP contribution in [-0.4, -0.2) is 33.4 Å². The molecule has 21 heavy (non-hydrogen) atoms. The van der Waals surface area contributed by atoms with Gasteiger partial charge in [-0.15, -0.1) is 11.8 Å². The number of aromatic nitrogens is 2. The second-order valence-electron chi connectivity index (χ2n) is 5.59. The zero-order chi connectivity index (χ0) is 14.7. The van der Waals surface area contributed by atoms with E-state index in [0.29, 0.717) is 11.1 Å². The Labute approximate surface area is 129 Å². The lowest BCUT2D eigenvalue weighted by Gasteiger charge is -2.30. The Morgan fingerprint density at radius 2 is 2.00 bits per heavy atom. The Hall–Kier alpha value is -1.33. The maximum atomic E-state index is 5.03. The van der Waals surface area contributed by atoms with Crippen LogP contribution in [0.1, 0.15) is 30.1 Å². The first-order valence-corrected chi connectivity index (χ1v) is 8.32. The lowest BCUT2D eigenvalue weighted by atomic mass is 10.1. The molecule has 1 saturated heterocycles. The van der Waals surface area contributed by atoms with E-state index in [9.17, 15) is 0 Å². The molecule has 1 aromatic carbocycles. The first-order valence-electron chi connectivity index (χ1n) is 7.44. The van der Waals surface area contributed by atoms with Gasteiger partial charge in [-0.2, -0.15) is 4.98 Å². The molecule has 1 aliphatic heterocycles. The number of benzene rings is 1. The van der Waals surface area contributed by atoms with E-state index in [1.54, 1.807) is 0 Å². The smallest absolute Gasteiger partial charge is 0.223 e. The van der Waals surface area contributed by atoms with Crippen LogP contribution in [0.3, 0.4) is 0 Å². The lowest BCUT2D eigenvalue weighted by Crippen LogP contribution is -2.34. The van der Waals surface area contributed by atoms with Gasteiger partial charge < -0.3 is 4.52 Å². The van der Waals surface area contributed by atoms with Gasteiger partial charge in [-0.3, -0.25) is 4.90 Å². The van der Waals surface area contributed by atoms with Crippen LogP contribution in [0, 0.1) is 13.8 Å². The highest BCUT2D eigenvalue weighted by Gasteiger charge is 2.21. The molecule has 1 fully saturated rings. The number of likely N-dealkylation sites (tertiary alicyclic amines) is 1. The molecule has 2 aromatic rings. The van der Waals surface area contributed by atoms with E-state index in [1.807, 2.05) is 18.7 Å². The molecule has 0 spiro atoms.